The first-order chi connectivity index (χ1) is 8.76. The minimum atomic E-state index is -0.0101. The molecule has 3 nitrogen and oxygen atoms in total. The van der Waals surface area contributed by atoms with E-state index in [1.165, 1.54) is 17.5 Å². The normalized spacial score (nSPS) is 31.8. The average Bonchev–Trinajstić information content (AvgIpc) is 2.35. The van der Waals surface area contributed by atoms with Crippen LogP contribution in [0.5, 0.6) is 0 Å². The molecule has 3 atom stereocenters. The summed E-state index contributed by atoms with van der Waals surface area (Å²) < 4.78 is 5.68. The Bertz CT molecular complexity index is 421. The van der Waals surface area contributed by atoms with Crippen molar-refractivity contribution in [2.75, 3.05) is 26.2 Å². The zero-order valence-corrected chi connectivity index (χ0v) is 10.9. The van der Waals surface area contributed by atoms with Gasteiger partial charge in [-0.15, -0.1) is 0 Å². The van der Waals surface area contributed by atoms with Crippen molar-refractivity contribution in [2.45, 2.75) is 31.5 Å². The molecule has 1 N–H and O–H groups in total. The van der Waals surface area contributed by atoms with E-state index >= 15 is 0 Å². The number of fused-ring (bicyclic) bond motifs is 1. The van der Waals surface area contributed by atoms with Crippen molar-refractivity contribution in [3.8, 4) is 0 Å². The molecule has 1 aliphatic carbocycles. The lowest BCUT2D eigenvalue weighted by Gasteiger charge is -2.40. The Morgan fingerprint density at radius 3 is 2.94 bits per heavy atom. The van der Waals surface area contributed by atoms with Crippen LogP contribution in [-0.4, -0.2) is 48.5 Å². The van der Waals surface area contributed by atoms with Gasteiger partial charge in [-0.3, -0.25) is 4.90 Å². The second kappa shape index (κ2) is 5.00. The van der Waals surface area contributed by atoms with Crippen molar-refractivity contribution in [2.24, 2.45) is 0 Å². The second-order valence-corrected chi connectivity index (χ2v) is 5.57. The molecule has 0 aromatic heterocycles. The van der Waals surface area contributed by atoms with E-state index in [-0.39, 0.29) is 18.8 Å². The van der Waals surface area contributed by atoms with Crippen LogP contribution in [0.2, 0.25) is 0 Å². The molecule has 1 heterocycles. The third kappa shape index (κ3) is 2.30. The van der Waals surface area contributed by atoms with Crippen LogP contribution in [0.3, 0.4) is 0 Å². The third-order valence-corrected chi connectivity index (χ3v) is 4.05. The lowest BCUT2D eigenvalue weighted by atomic mass is 9.77. The number of nitrogens with zero attached hydrogens (tertiary/aromatic N) is 1. The van der Waals surface area contributed by atoms with Gasteiger partial charge in [0.05, 0.1) is 18.8 Å². The van der Waals surface area contributed by atoms with Gasteiger partial charge in [0.15, 0.2) is 0 Å². The van der Waals surface area contributed by atoms with Crippen LogP contribution in [-0.2, 0) is 11.2 Å². The molecule has 0 radical (unpaired) electrons. The average molecular weight is 247 g/mol. The van der Waals surface area contributed by atoms with Crippen LogP contribution < -0.4 is 0 Å². The summed E-state index contributed by atoms with van der Waals surface area (Å²) in [5.41, 5.74) is 3.01. The van der Waals surface area contributed by atoms with Crippen LogP contribution in [0.15, 0.2) is 24.3 Å². The van der Waals surface area contributed by atoms with Crippen LogP contribution in [0.4, 0.5) is 0 Å². The molecule has 3 heteroatoms. The Hall–Kier alpha value is -0.900. The number of rotatable bonds is 3. The molecule has 1 aliphatic heterocycles. The zero-order valence-electron chi connectivity index (χ0n) is 10.9. The number of ether oxygens (including phenoxy) is 1. The first kappa shape index (κ1) is 12.2. The van der Waals surface area contributed by atoms with Crippen molar-refractivity contribution in [1.82, 2.24) is 4.90 Å². The monoisotopic (exact) mass is 247 g/mol. The molecular formula is C15H21NO2. The fourth-order valence-electron chi connectivity index (χ4n) is 3.23. The quantitative estimate of drug-likeness (QED) is 0.876. The van der Waals surface area contributed by atoms with E-state index in [0.717, 1.165) is 19.6 Å². The highest BCUT2D eigenvalue weighted by molar-refractivity contribution is 5.40. The fraction of sp³-hybridized carbons (Fsp3) is 0.600. The SMILES string of the molecule is CC1CN(CC2Cc3ccccc32)CC(CO)O1. The maximum absolute atomic E-state index is 9.24. The number of morpholine rings is 1. The zero-order chi connectivity index (χ0) is 12.5. The van der Waals surface area contributed by atoms with Gasteiger partial charge in [-0.1, -0.05) is 24.3 Å². The van der Waals surface area contributed by atoms with Crippen LogP contribution in [0.25, 0.3) is 0 Å². The van der Waals surface area contributed by atoms with Crippen molar-refractivity contribution in [3.05, 3.63) is 35.4 Å². The summed E-state index contributed by atoms with van der Waals surface area (Å²) >= 11 is 0. The molecule has 3 rings (SSSR count). The van der Waals surface area contributed by atoms with E-state index in [1.807, 2.05) is 0 Å². The molecule has 1 fully saturated rings. The maximum atomic E-state index is 9.24. The minimum absolute atomic E-state index is 0.0101. The number of aliphatic hydroxyl groups excluding tert-OH is 1. The summed E-state index contributed by atoms with van der Waals surface area (Å²) in [5.74, 6) is 0.672. The van der Waals surface area contributed by atoms with Crippen LogP contribution in [0.1, 0.15) is 24.0 Å². The largest absolute Gasteiger partial charge is 0.394 e. The standard InChI is InChI=1S/C15H21NO2/c1-11-7-16(9-14(10-17)18-11)8-13-6-12-4-2-3-5-15(12)13/h2-5,11,13-14,17H,6-10H2,1H3. The predicted octanol–water partition coefficient (Wildman–Crippen LogP) is 1.41. The number of aliphatic hydroxyl groups is 1. The van der Waals surface area contributed by atoms with Gasteiger partial charge in [-0.25, -0.2) is 0 Å². The Morgan fingerprint density at radius 1 is 1.33 bits per heavy atom. The van der Waals surface area contributed by atoms with Gasteiger partial charge >= 0.3 is 0 Å². The molecule has 0 bridgehead atoms. The lowest BCUT2D eigenvalue weighted by molar-refractivity contribution is -0.0964. The van der Waals surface area contributed by atoms with Crippen molar-refractivity contribution in [3.63, 3.8) is 0 Å². The summed E-state index contributed by atoms with van der Waals surface area (Å²) in [6.45, 7) is 5.15. The molecule has 0 spiro atoms. The topological polar surface area (TPSA) is 32.7 Å². The van der Waals surface area contributed by atoms with E-state index in [2.05, 4.69) is 36.1 Å². The van der Waals surface area contributed by atoms with Crippen LogP contribution in [0, 0.1) is 0 Å². The molecule has 18 heavy (non-hydrogen) atoms. The molecule has 1 saturated heterocycles. The van der Waals surface area contributed by atoms with E-state index in [1.54, 1.807) is 0 Å². The second-order valence-electron chi connectivity index (χ2n) is 5.57. The van der Waals surface area contributed by atoms with Gasteiger partial charge in [0, 0.05) is 25.6 Å². The van der Waals surface area contributed by atoms with Gasteiger partial charge in [0.2, 0.25) is 0 Å². The van der Waals surface area contributed by atoms with Gasteiger partial charge in [-0.05, 0) is 24.5 Å². The van der Waals surface area contributed by atoms with Gasteiger partial charge in [-0.2, -0.15) is 0 Å². The van der Waals surface area contributed by atoms with E-state index in [0.29, 0.717) is 5.92 Å². The van der Waals surface area contributed by atoms with Crippen molar-refractivity contribution in [1.29, 1.82) is 0 Å². The Kier molecular flexibility index (Phi) is 3.37. The van der Waals surface area contributed by atoms with E-state index in [9.17, 15) is 5.11 Å². The molecule has 1 aromatic rings. The van der Waals surface area contributed by atoms with Crippen molar-refractivity contribution < 1.29 is 9.84 Å². The first-order valence-electron chi connectivity index (χ1n) is 6.82. The minimum Gasteiger partial charge on any atom is -0.394 e. The third-order valence-electron chi connectivity index (χ3n) is 4.05. The lowest BCUT2D eigenvalue weighted by Crippen LogP contribution is -2.49. The summed E-state index contributed by atoms with van der Waals surface area (Å²) in [6, 6.07) is 8.72. The summed E-state index contributed by atoms with van der Waals surface area (Å²) in [4.78, 5) is 2.44. The van der Waals surface area contributed by atoms with Gasteiger partial charge in [0.25, 0.3) is 0 Å². The maximum Gasteiger partial charge on any atom is 0.0936 e. The summed E-state index contributed by atoms with van der Waals surface area (Å²) in [6.07, 6.45) is 1.42. The number of hydrogen-bond donors (Lipinski definition) is 1. The van der Waals surface area contributed by atoms with Gasteiger partial charge in [0.1, 0.15) is 0 Å². The molecule has 98 valence electrons. The highest BCUT2D eigenvalue weighted by Gasteiger charge is 2.31. The Morgan fingerprint density at radius 2 is 2.17 bits per heavy atom. The predicted molar refractivity (Wildman–Crippen MR) is 70.7 cm³/mol. The van der Waals surface area contributed by atoms with Crippen molar-refractivity contribution >= 4 is 0 Å². The highest BCUT2D eigenvalue weighted by Crippen LogP contribution is 2.35. The smallest absolute Gasteiger partial charge is 0.0936 e. The number of benzene rings is 1. The molecular weight excluding hydrogens is 226 g/mol. The molecule has 3 unspecified atom stereocenters. The summed E-state index contributed by atoms with van der Waals surface area (Å²) in [7, 11) is 0. The van der Waals surface area contributed by atoms with Crippen LogP contribution >= 0.6 is 0 Å². The Balaban J connectivity index is 1.61. The highest BCUT2D eigenvalue weighted by atomic mass is 16.5. The molecule has 2 aliphatic rings. The first-order valence-corrected chi connectivity index (χ1v) is 6.82. The molecule has 1 aromatic carbocycles. The fourth-order valence-corrected chi connectivity index (χ4v) is 3.23. The van der Waals surface area contributed by atoms with E-state index < -0.39 is 0 Å². The van der Waals surface area contributed by atoms with E-state index in [4.69, 9.17) is 4.74 Å². The Labute approximate surface area is 108 Å². The number of hydrogen-bond acceptors (Lipinski definition) is 3. The van der Waals surface area contributed by atoms with Gasteiger partial charge < -0.3 is 9.84 Å². The molecule has 0 amide bonds. The molecule has 0 saturated carbocycles. The summed E-state index contributed by atoms with van der Waals surface area (Å²) in [5, 5.41) is 9.24.